The lowest BCUT2D eigenvalue weighted by atomic mass is 10.1. The summed E-state index contributed by atoms with van der Waals surface area (Å²) in [5.41, 5.74) is 1.01. The Morgan fingerprint density at radius 3 is 2.95 bits per heavy atom. The van der Waals surface area contributed by atoms with Crippen LogP contribution in [0.15, 0.2) is 36.4 Å². The summed E-state index contributed by atoms with van der Waals surface area (Å²) in [7, 11) is 1.64. The van der Waals surface area contributed by atoms with E-state index < -0.39 is 0 Å². The van der Waals surface area contributed by atoms with Crippen LogP contribution in [-0.2, 0) is 14.3 Å². The first-order chi connectivity index (χ1) is 9.29. The van der Waals surface area contributed by atoms with Crippen molar-refractivity contribution in [2.24, 2.45) is 0 Å². The quantitative estimate of drug-likeness (QED) is 0.838. The normalized spacial score (nSPS) is 23.4. The lowest BCUT2D eigenvalue weighted by molar-refractivity contribution is -0.120. The van der Waals surface area contributed by atoms with E-state index in [1.54, 1.807) is 19.3 Å². The van der Waals surface area contributed by atoms with Crippen molar-refractivity contribution in [2.45, 2.75) is 18.6 Å². The maximum absolute atomic E-state index is 11.9. The van der Waals surface area contributed by atoms with Crippen LogP contribution in [-0.4, -0.2) is 38.4 Å². The number of methoxy groups -OCH3 is 1. The molecule has 1 aliphatic heterocycles. The van der Waals surface area contributed by atoms with Crippen LogP contribution in [0.2, 0.25) is 0 Å². The van der Waals surface area contributed by atoms with E-state index in [0.29, 0.717) is 13.2 Å². The first-order valence-corrected chi connectivity index (χ1v) is 6.44. The van der Waals surface area contributed by atoms with E-state index in [0.717, 1.165) is 12.0 Å². The highest BCUT2D eigenvalue weighted by atomic mass is 16.5. The molecule has 0 unspecified atom stereocenters. The van der Waals surface area contributed by atoms with Crippen LogP contribution in [0.1, 0.15) is 12.0 Å². The van der Waals surface area contributed by atoms with Crippen molar-refractivity contribution in [1.82, 2.24) is 5.32 Å². The maximum atomic E-state index is 11.9. The van der Waals surface area contributed by atoms with Gasteiger partial charge in [0.25, 0.3) is 0 Å². The Morgan fingerprint density at radius 2 is 2.21 bits per heavy atom. The second kappa shape index (κ2) is 7.07. The molecule has 0 aliphatic carbocycles. The van der Waals surface area contributed by atoms with Crippen molar-refractivity contribution < 1.29 is 14.3 Å². The van der Waals surface area contributed by atoms with Crippen molar-refractivity contribution in [3.05, 3.63) is 42.0 Å². The van der Waals surface area contributed by atoms with Crippen molar-refractivity contribution in [1.29, 1.82) is 0 Å². The van der Waals surface area contributed by atoms with Gasteiger partial charge in [-0.1, -0.05) is 30.3 Å². The minimum absolute atomic E-state index is 0.0201. The molecule has 1 heterocycles. The van der Waals surface area contributed by atoms with Gasteiger partial charge in [0.05, 0.1) is 12.6 Å². The monoisotopic (exact) mass is 261 g/mol. The Hall–Kier alpha value is -1.65. The molecule has 1 aromatic carbocycles. The molecule has 1 amide bonds. The second-order valence-electron chi connectivity index (χ2n) is 4.50. The number of carbonyl (C=O) groups is 1. The molecule has 0 radical (unpaired) electrons. The molecule has 19 heavy (non-hydrogen) atoms. The van der Waals surface area contributed by atoms with E-state index >= 15 is 0 Å². The van der Waals surface area contributed by atoms with Gasteiger partial charge in [0.15, 0.2) is 0 Å². The highest BCUT2D eigenvalue weighted by molar-refractivity contribution is 5.91. The smallest absolute Gasteiger partial charge is 0.244 e. The van der Waals surface area contributed by atoms with Gasteiger partial charge in [0.1, 0.15) is 6.10 Å². The van der Waals surface area contributed by atoms with Gasteiger partial charge in [-0.05, 0) is 18.1 Å². The Labute approximate surface area is 113 Å². The molecule has 4 nitrogen and oxygen atoms in total. The summed E-state index contributed by atoms with van der Waals surface area (Å²) in [5, 5.41) is 2.96. The standard InChI is InChI=1S/C15H19NO3/c1-18-14-11-19-10-9-13(14)16-15(17)8-7-12-5-3-2-4-6-12/h2-8,13-14H,9-11H2,1H3,(H,16,17)/b8-7+/t13-,14-/m0/s1. The minimum Gasteiger partial charge on any atom is -0.379 e. The molecule has 1 saturated heterocycles. The Balaban J connectivity index is 1.88. The molecule has 4 heteroatoms. The molecule has 1 fully saturated rings. The zero-order valence-electron chi connectivity index (χ0n) is 11.0. The van der Waals surface area contributed by atoms with Gasteiger partial charge in [0.2, 0.25) is 5.91 Å². The lowest BCUT2D eigenvalue weighted by Crippen LogP contribution is -2.49. The topological polar surface area (TPSA) is 47.6 Å². The van der Waals surface area contributed by atoms with Gasteiger partial charge in [-0.25, -0.2) is 0 Å². The maximum Gasteiger partial charge on any atom is 0.244 e. The first kappa shape index (κ1) is 13.8. The molecule has 2 atom stereocenters. The number of amides is 1. The van der Waals surface area contributed by atoms with Crippen LogP contribution in [0.5, 0.6) is 0 Å². The number of hydrogen-bond acceptors (Lipinski definition) is 3. The molecular formula is C15H19NO3. The molecule has 0 saturated carbocycles. The van der Waals surface area contributed by atoms with Crippen molar-refractivity contribution in [3.63, 3.8) is 0 Å². The fourth-order valence-corrected chi connectivity index (χ4v) is 2.08. The van der Waals surface area contributed by atoms with Gasteiger partial charge in [-0.3, -0.25) is 4.79 Å². The van der Waals surface area contributed by atoms with Crippen LogP contribution >= 0.6 is 0 Å². The molecule has 0 aromatic heterocycles. The molecule has 1 aromatic rings. The molecule has 1 aliphatic rings. The second-order valence-corrected chi connectivity index (χ2v) is 4.50. The van der Waals surface area contributed by atoms with Crippen molar-refractivity contribution >= 4 is 12.0 Å². The van der Waals surface area contributed by atoms with Crippen LogP contribution in [0, 0.1) is 0 Å². The summed E-state index contributed by atoms with van der Waals surface area (Å²) in [6, 6.07) is 9.76. The van der Waals surface area contributed by atoms with Crippen molar-refractivity contribution in [2.75, 3.05) is 20.3 Å². The Bertz CT molecular complexity index is 430. The summed E-state index contributed by atoms with van der Waals surface area (Å²) >= 11 is 0. The number of hydrogen-bond donors (Lipinski definition) is 1. The summed E-state index contributed by atoms with van der Waals surface area (Å²) in [6.45, 7) is 1.19. The molecule has 1 N–H and O–H groups in total. The molecule has 0 spiro atoms. The number of nitrogens with one attached hydrogen (secondary N) is 1. The van der Waals surface area contributed by atoms with E-state index in [-0.39, 0.29) is 18.1 Å². The molecule has 0 bridgehead atoms. The van der Waals surface area contributed by atoms with E-state index in [1.165, 1.54) is 0 Å². The van der Waals surface area contributed by atoms with Gasteiger partial charge < -0.3 is 14.8 Å². The molecule has 2 rings (SSSR count). The highest BCUT2D eigenvalue weighted by Crippen LogP contribution is 2.10. The summed E-state index contributed by atoms with van der Waals surface area (Å²) in [4.78, 5) is 11.9. The number of carbonyl (C=O) groups excluding carboxylic acids is 1. The minimum atomic E-state index is -0.0993. The Kier molecular flexibility index (Phi) is 5.12. The fraction of sp³-hybridized carbons (Fsp3) is 0.400. The third-order valence-electron chi connectivity index (χ3n) is 3.16. The van der Waals surface area contributed by atoms with Crippen LogP contribution < -0.4 is 5.32 Å². The number of benzene rings is 1. The summed E-state index contributed by atoms with van der Waals surface area (Å²) < 4.78 is 10.6. The third-order valence-corrected chi connectivity index (χ3v) is 3.16. The molecule has 102 valence electrons. The van der Waals surface area contributed by atoms with E-state index in [1.807, 2.05) is 30.3 Å². The molecular weight excluding hydrogens is 242 g/mol. The zero-order valence-corrected chi connectivity index (χ0v) is 11.0. The SMILES string of the molecule is CO[C@H]1COCC[C@@H]1NC(=O)/C=C/c1ccccc1. The number of rotatable bonds is 4. The first-order valence-electron chi connectivity index (χ1n) is 6.44. The predicted octanol–water partition coefficient (Wildman–Crippen LogP) is 1.62. The average molecular weight is 261 g/mol. The summed E-state index contributed by atoms with van der Waals surface area (Å²) in [6.07, 6.45) is 4.07. The Morgan fingerprint density at radius 1 is 1.42 bits per heavy atom. The predicted molar refractivity (Wildman–Crippen MR) is 73.6 cm³/mol. The van der Waals surface area contributed by atoms with Gasteiger partial charge in [-0.2, -0.15) is 0 Å². The summed E-state index contributed by atoms with van der Waals surface area (Å²) in [5.74, 6) is -0.0993. The van der Waals surface area contributed by atoms with Gasteiger partial charge in [-0.15, -0.1) is 0 Å². The van der Waals surface area contributed by atoms with Crippen LogP contribution in [0.4, 0.5) is 0 Å². The van der Waals surface area contributed by atoms with E-state index in [9.17, 15) is 4.79 Å². The highest BCUT2D eigenvalue weighted by Gasteiger charge is 2.26. The van der Waals surface area contributed by atoms with Gasteiger partial charge >= 0.3 is 0 Å². The van der Waals surface area contributed by atoms with E-state index in [2.05, 4.69) is 5.32 Å². The van der Waals surface area contributed by atoms with Crippen LogP contribution in [0.25, 0.3) is 6.08 Å². The zero-order chi connectivity index (χ0) is 13.5. The van der Waals surface area contributed by atoms with Crippen molar-refractivity contribution in [3.8, 4) is 0 Å². The van der Waals surface area contributed by atoms with Gasteiger partial charge in [0, 0.05) is 19.8 Å². The van der Waals surface area contributed by atoms with Crippen LogP contribution in [0.3, 0.4) is 0 Å². The number of ether oxygens (including phenoxy) is 2. The lowest BCUT2D eigenvalue weighted by Gasteiger charge is -2.30. The van der Waals surface area contributed by atoms with E-state index in [4.69, 9.17) is 9.47 Å². The fourth-order valence-electron chi connectivity index (χ4n) is 2.08. The third kappa shape index (κ3) is 4.19. The largest absolute Gasteiger partial charge is 0.379 e. The average Bonchev–Trinajstić information content (AvgIpc) is 2.47.